The summed E-state index contributed by atoms with van der Waals surface area (Å²) in [6, 6.07) is 25.4. The van der Waals surface area contributed by atoms with E-state index in [1.165, 1.54) is 0 Å². The summed E-state index contributed by atoms with van der Waals surface area (Å²) in [5.41, 5.74) is 3.10. The number of nitrogens with zero attached hydrogens (tertiary/aromatic N) is 2. The molecule has 4 aromatic rings. The molecule has 0 radical (unpaired) electrons. The summed E-state index contributed by atoms with van der Waals surface area (Å²) in [5, 5.41) is 12.1. The Kier molecular flexibility index (Phi) is 4.73. The van der Waals surface area contributed by atoms with Gasteiger partial charge >= 0.3 is 0 Å². The maximum atomic E-state index is 12.1. The van der Waals surface area contributed by atoms with Crippen LogP contribution in [0.4, 0.5) is 0 Å². The first-order valence-corrected chi connectivity index (χ1v) is 9.61. The average molecular weight is 377 g/mol. The number of rotatable bonds is 5. The van der Waals surface area contributed by atoms with Crippen molar-refractivity contribution in [1.82, 2.24) is 9.55 Å². The van der Waals surface area contributed by atoms with Gasteiger partial charge in [-0.2, -0.15) is 0 Å². The van der Waals surface area contributed by atoms with Crippen LogP contribution in [0, 0.1) is 0 Å². The van der Waals surface area contributed by atoms with Gasteiger partial charge in [0.25, 0.3) is 0 Å². The van der Waals surface area contributed by atoms with E-state index in [0.29, 0.717) is 18.2 Å². The Bertz CT molecular complexity index is 1020. The Labute approximate surface area is 163 Å². The van der Waals surface area contributed by atoms with Crippen molar-refractivity contribution in [2.75, 3.05) is 0 Å². The van der Waals surface area contributed by atoms with Gasteiger partial charge in [0.15, 0.2) is 11.4 Å². The second-order valence-electron chi connectivity index (χ2n) is 6.58. The summed E-state index contributed by atoms with van der Waals surface area (Å²) in [6.07, 6.45) is 0. The van der Waals surface area contributed by atoms with Gasteiger partial charge in [0.1, 0.15) is 0 Å². The third-order valence-corrected chi connectivity index (χ3v) is 5.30. The van der Waals surface area contributed by atoms with Crippen LogP contribution in [-0.4, -0.2) is 14.7 Å². The molecule has 0 atom stereocenters. The van der Waals surface area contributed by atoms with E-state index in [1.54, 1.807) is 0 Å². The predicted molar refractivity (Wildman–Crippen MR) is 110 cm³/mol. The van der Waals surface area contributed by atoms with E-state index in [0.717, 1.165) is 27.7 Å². The first kappa shape index (κ1) is 17.8. The Hall–Kier alpha value is -2.62. The van der Waals surface area contributed by atoms with Crippen LogP contribution in [0.25, 0.3) is 11.0 Å². The van der Waals surface area contributed by atoms with Gasteiger partial charge in [-0.25, -0.2) is 4.98 Å². The Morgan fingerprint density at radius 3 is 2.04 bits per heavy atom. The molecule has 0 bridgehead atoms. The number of imidazole rings is 1. The lowest BCUT2D eigenvalue weighted by Crippen LogP contribution is -2.32. The zero-order valence-electron chi connectivity index (χ0n) is 15.1. The normalized spacial score (nSPS) is 11.8. The molecule has 4 rings (SSSR count). The number of benzene rings is 3. The standard InChI is InChI=1S/C23H21ClN2O/c1-2-26-21-15-17(16-24)13-14-20(21)25-22(26)23(27,18-9-5-3-6-10-18)19-11-7-4-8-12-19/h3-15,27H,2,16H2,1H3. The molecule has 0 spiro atoms. The highest BCUT2D eigenvalue weighted by atomic mass is 35.5. The molecule has 3 nitrogen and oxygen atoms in total. The number of halogens is 1. The maximum Gasteiger partial charge on any atom is 0.173 e. The highest BCUT2D eigenvalue weighted by molar-refractivity contribution is 6.17. The maximum absolute atomic E-state index is 12.1. The largest absolute Gasteiger partial charge is 0.373 e. The van der Waals surface area contributed by atoms with Crippen molar-refractivity contribution in [2.24, 2.45) is 0 Å². The molecule has 0 saturated heterocycles. The molecular formula is C23H21ClN2O. The minimum absolute atomic E-state index is 0.446. The number of aromatic nitrogens is 2. The molecule has 1 heterocycles. The van der Waals surface area contributed by atoms with Crippen molar-refractivity contribution in [3.63, 3.8) is 0 Å². The van der Waals surface area contributed by atoms with Crippen molar-refractivity contribution < 1.29 is 5.11 Å². The van der Waals surface area contributed by atoms with Gasteiger partial charge in [-0.3, -0.25) is 0 Å². The molecule has 27 heavy (non-hydrogen) atoms. The quantitative estimate of drug-likeness (QED) is 0.493. The average Bonchev–Trinajstić information content (AvgIpc) is 3.12. The molecule has 0 aliphatic carbocycles. The van der Waals surface area contributed by atoms with E-state index in [2.05, 4.69) is 17.6 Å². The minimum Gasteiger partial charge on any atom is -0.373 e. The van der Waals surface area contributed by atoms with Crippen molar-refractivity contribution in [1.29, 1.82) is 0 Å². The molecule has 0 saturated carbocycles. The molecule has 0 aliphatic heterocycles. The number of fused-ring (bicyclic) bond motifs is 1. The van der Waals surface area contributed by atoms with E-state index in [-0.39, 0.29) is 0 Å². The van der Waals surface area contributed by atoms with Gasteiger partial charge in [-0.1, -0.05) is 66.7 Å². The molecule has 4 heteroatoms. The number of hydrogen-bond donors (Lipinski definition) is 1. The van der Waals surface area contributed by atoms with Crippen LogP contribution in [0.2, 0.25) is 0 Å². The highest BCUT2D eigenvalue weighted by Gasteiger charge is 2.38. The molecule has 0 fully saturated rings. The molecule has 1 aromatic heterocycles. The van der Waals surface area contributed by atoms with E-state index in [1.807, 2.05) is 72.8 Å². The van der Waals surface area contributed by atoms with Crippen LogP contribution in [0.1, 0.15) is 29.4 Å². The summed E-state index contributed by atoms with van der Waals surface area (Å²) in [7, 11) is 0. The number of hydrogen-bond acceptors (Lipinski definition) is 2. The van der Waals surface area contributed by atoms with Crippen LogP contribution in [0.5, 0.6) is 0 Å². The second-order valence-corrected chi connectivity index (χ2v) is 6.85. The van der Waals surface area contributed by atoms with E-state index in [4.69, 9.17) is 16.6 Å². The molecule has 3 aromatic carbocycles. The fraction of sp³-hybridized carbons (Fsp3) is 0.174. The second kappa shape index (κ2) is 7.18. The Morgan fingerprint density at radius 2 is 1.52 bits per heavy atom. The Morgan fingerprint density at radius 1 is 0.926 bits per heavy atom. The zero-order chi connectivity index (χ0) is 18.9. The summed E-state index contributed by atoms with van der Waals surface area (Å²) in [5.74, 6) is 1.06. The topological polar surface area (TPSA) is 38.0 Å². The number of alkyl halides is 1. The molecule has 1 N–H and O–H groups in total. The lowest BCUT2D eigenvalue weighted by Gasteiger charge is -2.29. The third kappa shape index (κ3) is 2.93. The van der Waals surface area contributed by atoms with Crippen molar-refractivity contribution in [3.8, 4) is 0 Å². The van der Waals surface area contributed by atoms with Gasteiger partial charge in [0, 0.05) is 12.4 Å². The number of aryl methyl sites for hydroxylation is 1. The van der Waals surface area contributed by atoms with Gasteiger partial charge in [0.05, 0.1) is 11.0 Å². The Balaban J connectivity index is 2.04. The first-order chi connectivity index (χ1) is 13.2. The van der Waals surface area contributed by atoms with Gasteiger partial charge in [0.2, 0.25) is 0 Å². The fourth-order valence-corrected chi connectivity index (χ4v) is 3.80. The lowest BCUT2D eigenvalue weighted by molar-refractivity contribution is 0.112. The van der Waals surface area contributed by atoms with E-state index >= 15 is 0 Å². The van der Waals surface area contributed by atoms with Crippen molar-refractivity contribution in [2.45, 2.75) is 24.9 Å². The summed E-state index contributed by atoms with van der Waals surface area (Å²) >= 11 is 6.03. The van der Waals surface area contributed by atoms with Gasteiger partial charge in [-0.05, 0) is 35.7 Å². The SMILES string of the molecule is CCn1c(C(O)(c2ccccc2)c2ccccc2)nc2ccc(CCl)cc21. The lowest BCUT2D eigenvalue weighted by atomic mass is 9.85. The van der Waals surface area contributed by atoms with Gasteiger partial charge < -0.3 is 9.67 Å². The summed E-state index contributed by atoms with van der Waals surface area (Å²) in [6.45, 7) is 2.76. The van der Waals surface area contributed by atoms with E-state index < -0.39 is 5.60 Å². The molecule has 0 aliphatic rings. The first-order valence-electron chi connectivity index (χ1n) is 9.07. The summed E-state index contributed by atoms with van der Waals surface area (Å²) < 4.78 is 2.07. The highest BCUT2D eigenvalue weighted by Crippen LogP contribution is 2.37. The van der Waals surface area contributed by atoms with Crippen LogP contribution in [-0.2, 0) is 18.0 Å². The minimum atomic E-state index is -1.35. The molecule has 0 amide bonds. The van der Waals surface area contributed by atoms with E-state index in [9.17, 15) is 5.11 Å². The third-order valence-electron chi connectivity index (χ3n) is 4.99. The van der Waals surface area contributed by atoms with Crippen molar-refractivity contribution >= 4 is 22.6 Å². The zero-order valence-corrected chi connectivity index (χ0v) is 15.9. The van der Waals surface area contributed by atoms with Crippen molar-refractivity contribution in [3.05, 3.63) is 101 Å². The molecular weight excluding hydrogens is 356 g/mol. The van der Waals surface area contributed by atoms with Gasteiger partial charge in [-0.15, -0.1) is 11.6 Å². The number of aliphatic hydroxyl groups is 1. The smallest absolute Gasteiger partial charge is 0.173 e. The summed E-state index contributed by atoms with van der Waals surface area (Å²) in [4.78, 5) is 4.85. The fourth-order valence-electron chi connectivity index (χ4n) is 3.63. The van der Waals surface area contributed by atoms with Crippen LogP contribution in [0.3, 0.4) is 0 Å². The van der Waals surface area contributed by atoms with Crippen LogP contribution < -0.4 is 0 Å². The molecule has 0 unspecified atom stereocenters. The molecule has 136 valence electrons. The predicted octanol–water partition coefficient (Wildman–Crippen LogP) is 5.08. The monoisotopic (exact) mass is 376 g/mol. The van der Waals surface area contributed by atoms with Crippen LogP contribution >= 0.6 is 11.6 Å². The van der Waals surface area contributed by atoms with Crippen LogP contribution in [0.15, 0.2) is 78.9 Å².